The molecular weight excluding hydrogens is 336 g/mol. The molecule has 0 atom stereocenters. The zero-order chi connectivity index (χ0) is 17.8. The van der Waals surface area contributed by atoms with E-state index in [0.717, 1.165) is 24.8 Å². The Morgan fingerprint density at radius 2 is 1.84 bits per heavy atom. The van der Waals surface area contributed by atoms with Gasteiger partial charge in [-0.15, -0.1) is 0 Å². The number of isothiocyanates is 1. The fraction of sp³-hybridized carbons (Fsp3) is 0.190. The minimum atomic E-state index is -0.752. The quantitative estimate of drug-likeness (QED) is 0.335. The molecule has 126 valence electrons. The van der Waals surface area contributed by atoms with E-state index in [9.17, 15) is 8.78 Å². The highest BCUT2D eigenvalue weighted by Gasteiger charge is 2.12. The molecular formula is C21H17F2NS. The summed E-state index contributed by atoms with van der Waals surface area (Å²) in [6.07, 6.45) is 9.06. The zero-order valence-electron chi connectivity index (χ0n) is 13.9. The fourth-order valence-corrected chi connectivity index (χ4v) is 3.13. The molecule has 0 spiro atoms. The van der Waals surface area contributed by atoms with Crippen LogP contribution in [0.5, 0.6) is 0 Å². The van der Waals surface area contributed by atoms with Gasteiger partial charge in [-0.3, -0.25) is 0 Å². The van der Waals surface area contributed by atoms with Crippen molar-refractivity contribution in [3.8, 4) is 0 Å². The van der Waals surface area contributed by atoms with Gasteiger partial charge in [-0.25, -0.2) is 8.78 Å². The molecule has 0 heterocycles. The molecule has 4 heteroatoms. The lowest BCUT2D eigenvalue weighted by molar-refractivity contribution is 0.587. The van der Waals surface area contributed by atoms with E-state index in [4.69, 9.17) is 0 Å². The average molecular weight is 353 g/mol. The van der Waals surface area contributed by atoms with Crippen molar-refractivity contribution < 1.29 is 8.78 Å². The molecule has 0 fully saturated rings. The summed E-state index contributed by atoms with van der Waals surface area (Å²) in [5, 5.41) is 1.98. The Hall–Kier alpha value is -2.42. The summed E-state index contributed by atoms with van der Waals surface area (Å²) in [6, 6.07) is 8.71. The molecule has 0 amide bonds. The molecule has 0 radical (unpaired) electrons. The molecule has 0 saturated heterocycles. The van der Waals surface area contributed by atoms with E-state index in [1.165, 1.54) is 28.8 Å². The summed E-state index contributed by atoms with van der Waals surface area (Å²) in [4.78, 5) is 3.41. The third kappa shape index (κ3) is 3.98. The molecule has 0 unspecified atom stereocenters. The Morgan fingerprint density at radius 1 is 1.12 bits per heavy atom. The number of hydrogen-bond donors (Lipinski definition) is 0. The Morgan fingerprint density at radius 3 is 2.52 bits per heavy atom. The topological polar surface area (TPSA) is 12.4 Å². The average Bonchev–Trinajstić information content (AvgIpc) is 2.98. The van der Waals surface area contributed by atoms with E-state index in [0.29, 0.717) is 5.56 Å². The lowest BCUT2D eigenvalue weighted by Crippen LogP contribution is -1.86. The van der Waals surface area contributed by atoms with Crippen LogP contribution < -0.4 is 0 Å². The van der Waals surface area contributed by atoms with E-state index in [-0.39, 0.29) is 0 Å². The first-order valence-corrected chi connectivity index (χ1v) is 8.59. The largest absolute Gasteiger partial charge is 0.204 e. The normalized spacial score (nSPS) is 12.8. The molecule has 0 bridgehead atoms. The standard InChI is InChI=1S/C21H17F2NS/c1-2-3-15-9-17-7-6-14(8-18(17)10-15)4-5-16-11-19(22)21(24-13-25)20(23)12-16/h4-8,10-12H,2-3,9H2,1H3/b5-4+. The van der Waals surface area contributed by atoms with Crippen molar-refractivity contribution in [2.45, 2.75) is 26.2 Å². The number of allylic oxidation sites excluding steroid dienone is 1. The molecule has 0 saturated carbocycles. The van der Waals surface area contributed by atoms with Crippen molar-refractivity contribution in [2.75, 3.05) is 0 Å². The van der Waals surface area contributed by atoms with Crippen molar-refractivity contribution >= 4 is 41.3 Å². The van der Waals surface area contributed by atoms with Crippen molar-refractivity contribution in [2.24, 2.45) is 4.99 Å². The van der Waals surface area contributed by atoms with Gasteiger partial charge in [0.2, 0.25) is 0 Å². The first-order valence-electron chi connectivity index (χ1n) is 8.18. The van der Waals surface area contributed by atoms with Gasteiger partial charge in [0.1, 0.15) is 5.69 Å². The second-order valence-electron chi connectivity index (χ2n) is 6.06. The maximum atomic E-state index is 13.9. The Labute approximate surface area is 151 Å². The van der Waals surface area contributed by atoms with Crippen LogP contribution in [0.15, 0.2) is 40.9 Å². The second-order valence-corrected chi connectivity index (χ2v) is 6.24. The predicted molar refractivity (Wildman–Crippen MR) is 103 cm³/mol. The van der Waals surface area contributed by atoms with E-state index >= 15 is 0 Å². The van der Waals surface area contributed by atoms with Crippen molar-refractivity contribution in [3.05, 3.63) is 69.8 Å². The number of hydrogen-bond acceptors (Lipinski definition) is 2. The van der Waals surface area contributed by atoms with Gasteiger partial charge in [0, 0.05) is 0 Å². The maximum absolute atomic E-state index is 13.9. The highest BCUT2D eigenvalue weighted by molar-refractivity contribution is 7.78. The van der Waals surface area contributed by atoms with Crippen molar-refractivity contribution in [1.82, 2.24) is 0 Å². The van der Waals surface area contributed by atoms with Gasteiger partial charge in [0.15, 0.2) is 11.6 Å². The highest BCUT2D eigenvalue weighted by Crippen LogP contribution is 2.29. The van der Waals surface area contributed by atoms with Gasteiger partial charge >= 0.3 is 0 Å². The summed E-state index contributed by atoms with van der Waals surface area (Å²) < 4.78 is 27.7. The van der Waals surface area contributed by atoms with Gasteiger partial charge in [0.25, 0.3) is 0 Å². The molecule has 2 aromatic rings. The molecule has 0 aliphatic heterocycles. The lowest BCUT2D eigenvalue weighted by atomic mass is 10.0. The van der Waals surface area contributed by atoms with Crippen molar-refractivity contribution in [1.29, 1.82) is 0 Å². The fourth-order valence-electron chi connectivity index (χ4n) is 3.04. The molecule has 0 N–H and O–H groups in total. The van der Waals surface area contributed by atoms with Gasteiger partial charge < -0.3 is 0 Å². The maximum Gasteiger partial charge on any atom is 0.153 e. The third-order valence-corrected chi connectivity index (χ3v) is 4.27. The Bertz CT molecular complexity index is 898. The summed E-state index contributed by atoms with van der Waals surface area (Å²) in [7, 11) is 0. The zero-order valence-corrected chi connectivity index (χ0v) is 14.7. The number of benzene rings is 2. The van der Waals surface area contributed by atoms with E-state index in [1.807, 2.05) is 17.3 Å². The van der Waals surface area contributed by atoms with Crippen LogP contribution in [0.3, 0.4) is 0 Å². The highest BCUT2D eigenvalue weighted by atomic mass is 32.1. The second kappa shape index (κ2) is 7.64. The van der Waals surface area contributed by atoms with Crippen LogP contribution >= 0.6 is 12.2 Å². The third-order valence-electron chi connectivity index (χ3n) is 4.18. The van der Waals surface area contributed by atoms with Crippen LogP contribution in [0, 0.1) is 11.6 Å². The Kier molecular flexibility index (Phi) is 5.32. The van der Waals surface area contributed by atoms with Gasteiger partial charge in [-0.2, -0.15) is 4.99 Å². The number of thiocarbonyl (C=S) groups is 1. The molecule has 1 aliphatic carbocycles. The number of halogens is 2. The predicted octanol–water partition coefficient (Wildman–Crippen LogP) is 6.61. The first-order chi connectivity index (χ1) is 12.1. The smallest absolute Gasteiger partial charge is 0.153 e. The summed E-state index contributed by atoms with van der Waals surface area (Å²) >= 11 is 4.40. The number of fused-ring (bicyclic) bond motifs is 1. The molecule has 1 aliphatic rings. The lowest BCUT2D eigenvalue weighted by Gasteiger charge is -2.02. The number of nitrogens with zero attached hydrogens (tertiary/aromatic N) is 1. The minimum Gasteiger partial charge on any atom is -0.204 e. The Balaban J connectivity index is 1.84. The van der Waals surface area contributed by atoms with Crippen molar-refractivity contribution in [3.63, 3.8) is 0 Å². The number of aliphatic imine (C=N–C) groups is 1. The molecule has 1 nitrogen and oxygen atoms in total. The number of rotatable bonds is 5. The van der Waals surface area contributed by atoms with E-state index < -0.39 is 17.3 Å². The van der Waals surface area contributed by atoms with E-state index in [1.54, 1.807) is 6.08 Å². The summed E-state index contributed by atoms with van der Waals surface area (Å²) in [5.74, 6) is -1.50. The molecule has 3 rings (SSSR count). The first kappa shape index (κ1) is 17.4. The molecule has 0 aromatic heterocycles. The van der Waals surface area contributed by atoms with Gasteiger partial charge in [-0.1, -0.05) is 49.3 Å². The van der Waals surface area contributed by atoms with Crippen LogP contribution in [0.2, 0.25) is 0 Å². The monoisotopic (exact) mass is 353 g/mol. The summed E-state index contributed by atoms with van der Waals surface area (Å²) in [5.41, 5.74) is 5.04. The molecule has 2 aromatic carbocycles. The van der Waals surface area contributed by atoms with E-state index in [2.05, 4.69) is 42.3 Å². The van der Waals surface area contributed by atoms with Crippen LogP contribution in [-0.2, 0) is 6.42 Å². The van der Waals surface area contributed by atoms with Crippen LogP contribution in [0.25, 0.3) is 18.2 Å². The minimum absolute atomic E-state index is 0.404. The van der Waals surface area contributed by atoms with Gasteiger partial charge in [-0.05, 0) is 65.5 Å². The van der Waals surface area contributed by atoms with Crippen LogP contribution in [0.4, 0.5) is 14.5 Å². The summed E-state index contributed by atoms with van der Waals surface area (Å²) in [6.45, 7) is 2.18. The SMILES string of the molecule is CCCC1=Cc2cc(/C=C/c3cc(F)c(N=C=S)c(F)c3)ccc2C1. The molecule has 25 heavy (non-hydrogen) atoms. The van der Waals surface area contributed by atoms with Gasteiger partial charge in [0.05, 0.1) is 5.16 Å². The van der Waals surface area contributed by atoms with Crippen LogP contribution in [0.1, 0.15) is 42.0 Å². The van der Waals surface area contributed by atoms with Crippen LogP contribution in [-0.4, -0.2) is 5.16 Å².